The quantitative estimate of drug-likeness (QED) is 0.678. The van der Waals surface area contributed by atoms with Gasteiger partial charge in [-0.1, -0.05) is 23.4 Å². The van der Waals surface area contributed by atoms with Crippen LogP contribution in [-0.4, -0.2) is 20.8 Å². The van der Waals surface area contributed by atoms with Crippen LogP contribution in [0.2, 0.25) is 0 Å². The molecule has 2 aromatic heterocycles. The highest BCUT2D eigenvalue weighted by Crippen LogP contribution is 2.25. The highest BCUT2D eigenvalue weighted by Gasteiger charge is 2.22. The number of rotatable bonds is 6. The summed E-state index contributed by atoms with van der Waals surface area (Å²) in [5.41, 5.74) is 3.76. The molecule has 1 N–H and O–H groups in total. The number of aryl methyl sites for hydroxylation is 4. The fraction of sp³-hybridized carbons (Fsp3) is 0.381. The summed E-state index contributed by atoms with van der Waals surface area (Å²) in [6.07, 6.45) is 0. The Morgan fingerprint density at radius 2 is 1.89 bits per heavy atom. The smallest absolute Gasteiger partial charge is 0.279 e. The number of hydrogen-bond acceptors (Lipinski definition) is 5. The van der Waals surface area contributed by atoms with Gasteiger partial charge in [-0.2, -0.15) is 5.10 Å². The van der Waals surface area contributed by atoms with E-state index in [1.165, 1.54) is 0 Å². The number of carbonyl (C=O) groups is 1. The van der Waals surface area contributed by atoms with E-state index >= 15 is 0 Å². The average Bonchev–Trinajstić information content (AvgIpc) is 3.17. The van der Waals surface area contributed by atoms with Gasteiger partial charge in [0.2, 0.25) is 0 Å². The van der Waals surface area contributed by atoms with Gasteiger partial charge in [0.15, 0.2) is 5.69 Å². The van der Waals surface area contributed by atoms with Gasteiger partial charge in [-0.05, 0) is 52.7 Å². The van der Waals surface area contributed by atoms with Crippen molar-refractivity contribution in [2.24, 2.45) is 0 Å². The van der Waals surface area contributed by atoms with Crippen LogP contribution >= 0.6 is 0 Å². The first-order chi connectivity index (χ1) is 13.3. The molecule has 0 saturated heterocycles. The molecule has 0 bridgehead atoms. The maximum Gasteiger partial charge on any atom is 0.279 e. The number of amides is 1. The van der Waals surface area contributed by atoms with E-state index in [2.05, 4.69) is 15.6 Å². The van der Waals surface area contributed by atoms with E-state index in [9.17, 15) is 4.79 Å². The van der Waals surface area contributed by atoms with Gasteiger partial charge >= 0.3 is 0 Å². The van der Waals surface area contributed by atoms with Crippen LogP contribution < -0.4 is 10.1 Å². The van der Waals surface area contributed by atoms with Crippen LogP contribution in [0.5, 0.6) is 5.75 Å². The lowest BCUT2D eigenvalue weighted by atomic mass is 10.1. The average molecular weight is 382 g/mol. The van der Waals surface area contributed by atoms with E-state index in [1.54, 1.807) is 11.6 Å². The lowest BCUT2D eigenvalue weighted by molar-refractivity contribution is 0.101. The number of ether oxygens (including phenoxy) is 1. The lowest BCUT2D eigenvalue weighted by Crippen LogP contribution is -2.19. The van der Waals surface area contributed by atoms with Crippen LogP contribution in [0.3, 0.4) is 0 Å². The first-order valence-electron chi connectivity index (χ1n) is 9.29. The normalized spacial score (nSPS) is 11.1. The van der Waals surface area contributed by atoms with E-state index in [1.807, 2.05) is 58.9 Å². The van der Waals surface area contributed by atoms with Gasteiger partial charge < -0.3 is 14.6 Å². The molecule has 0 aliphatic carbocycles. The van der Waals surface area contributed by atoms with Gasteiger partial charge in [0.25, 0.3) is 5.91 Å². The summed E-state index contributed by atoms with van der Waals surface area (Å²) in [4.78, 5) is 12.8. The minimum Gasteiger partial charge on any atom is -0.488 e. The second-order valence-electron chi connectivity index (χ2n) is 7.24. The predicted octanol–water partition coefficient (Wildman–Crippen LogP) is 4.52. The van der Waals surface area contributed by atoms with Crippen molar-refractivity contribution >= 4 is 11.7 Å². The molecule has 3 rings (SSSR count). The number of hydrogen-bond donors (Lipinski definition) is 1. The third-order valence-corrected chi connectivity index (χ3v) is 4.56. The van der Waals surface area contributed by atoms with Crippen LogP contribution in [0.15, 0.2) is 28.8 Å². The van der Waals surface area contributed by atoms with Crippen LogP contribution in [0.25, 0.3) is 0 Å². The van der Waals surface area contributed by atoms with E-state index < -0.39 is 0 Å². The Labute approximate surface area is 164 Å². The summed E-state index contributed by atoms with van der Waals surface area (Å²) in [6, 6.07) is 7.92. The summed E-state index contributed by atoms with van der Waals surface area (Å²) in [6.45, 7) is 11.9. The largest absolute Gasteiger partial charge is 0.488 e. The van der Waals surface area contributed by atoms with Crippen molar-refractivity contribution < 1.29 is 14.1 Å². The number of para-hydroxylation sites is 1. The predicted molar refractivity (Wildman–Crippen MR) is 107 cm³/mol. The minimum absolute atomic E-state index is 0.120. The first kappa shape index (κ1) is 19.7. The molecule has 3 aromatic rings. The summed E-state index contributed by atoms with van der Waals surface area (Å²) in [5.74, 6) is 1.64. The second kappa shape index (κ2) is 7.88. The Bertz CT molecular complexity index is 981. The Kier molecular flexibility index (Phi) is 5.53. The molecule has 7 heteroatoms. The van der Waals surface area contributed by atoms with Crippen molar-refractivity contribution in [3.05, 3.63) is 58.1 Å². The standard InChI is InChI=1S/C21H26N4O3/c1-12(2)25-18(10-15(5)23-25)22-21(26)19-17(16(6)28-24-19)11-27-20-13(3)8-7-9-14(20)4/h7-10,12H,11H2,1-6H3,(H,22,26). The van der Waals surface area contributed by atoms with Gasteiger partial charge in [0.05, 0.1) is 11.3 Å². The molecule has 0 saturated carbocycles. The maximum absolute atomic E-state index is 12.8. The van der Waals surface area contributed by atoms with Gasteiger partial charge in [-0.25, -0.2) is 4.68 Å². The molecule has 0 atom stereocenters. The summed E-state index contributed by atoms with van der Waals surface area (Å²) in [7, 11) is 0. The summed E-state index contributed by atoms with van der Waals surface area (Å²) >= 11 is 0. The van der Waals surface area contributed by atoms with Crippen LogP contribution in [0.1, 0.15) is 58.5 Å². The zero-order valence-electron chi connectivity index (χ0n) is 17.2. The molecule has 0 aliphatic rings. The molecule has 0 spiro atoms. The van der Waals surface area contributed by atoms with E-state index in [-0.39, 0.29) is 24.2 Å². The number of nitrogens with zero attached hydrogens (tertiary/aromatic N) is 3. The van der Waals surface area contributed by atoms with E-state index in [4.69, 9.17) is 9.26 Å². The molecule has 1 amide bonds. The zero-order chi connectivity index (χ0) is 20.4. The molecule has 148 valence electrons. The van der Waals surface area contributed by atoms with E-state index in [0.29, 0.717) is 17.1 Å². The number of anilines is 1. The van der Waals surface area contributed by atoms with Crippen molar-refractivity contribution in [3.8, 4) is 5.75 Å². The SMILES string of the molecule is Cc1cc(NC(=O)c2noc(C)c2COc2c(C)cccc2C)n(C(C)C)n1. The lowest BCUT2D eigenvalue weighted by Gasteiger charge is -2.13. The molecule has 1 aromatic carbocycles. The molecule has 2 heterocycles. The summed E-state index contributed by atoms with van der Waals surface area (Å²) < 4.78 is 13.0. The Hall–Kier alpha value is -3.09. The molecule has 28 heavy (non-hydrogen) atoms. The third-order valence-electron chi connectivity index (χ3n) is 4.56. The number of aromatic nitrogens is 3. The molecule has 0 aliphatic heterocycles. The van der Waals surface area contributed by atoms with Crippen molar-refractivity contribution in [2.75, 3.05) is 5.32 Å². The number of carbonyl (C=O) groups excluding carboxylic acids is 1. The Balaban J connectivity index is 1.82. The van der Waals surface area contributed by atoms with Crippen molar-refractivity contribution in [1.82, 2.24) is 14.9 Å². The van der Waals surface area contributed by atoms with Gasteiger partial charge in [-0.15, -0.1) is 0 Å². The zero-order valence-corrected chi connectivity index (χ0v) is 17.2. The highest BCUT2D eigenvalue weighted by atomic mass is 16.5. The fourth-order valence-corrected chi connectivity index (χ4v) is 3.09. The second-order valence-corrected chi connectivity index (χ2v) is 7.24. The Morgan fingerprint density at radius 1 is 1.21 bits per heavy atom. The minimum atomic E-state index is -0.348. The molecular formula is C21H26N4O3. The van der Waals surface area contributed by atoms with Crippen molar-refractivity contribution in [3.63, 3.8) is 0 Å². The number of nitrogens with one attached hydrogen (secondary N) is 1. The van der Waals surface area contributed by atoms with E-state index in [0.717, 1.165) is 22.6 Å². The van der Waals surface area contributed by atoms with Crippen LogP contribution in [0, 0.1) is 27.7 Å². The fourth-order valence-electron chi connectivity index (χ4n) is 3.09. The third kappa shape index (κ3) is 3.93. The molecule has 7 nitrogen and oxygen atoms in total. The summed E-state index contributed by atoms with van der Waals surface area (Å²) in [5, 5.41) is 11.3. The molecule has 0 fully saturated rings. The highest BCUT2D eigenvalue weighted by molar-refractivity contribution is 6.03. The Morgan fingerprint density at radius 3 is 2.54 bits per heavy atom. The van der Waals surface area contributed by atoms with Gasteiger partial charge in [-0.3, -0.25) is 4.79 Å². The topological polar surface area (TPSA) is 82.2 Å². The maximum atomic E-state index is 12.8. The van der Waals surface area contributed by atoms with Crippen LogP contribution in [-0.2, 0) is 6.61 Å². The molecular weight excluding hydrogens is 356 g/mol. The van der Waals surface area contributed by atoms with Crippen LogP contribution in [0.4, 0.5) is 5.82 Å². The van der Waals surface area contributed by atoms with Gasteiger partial charge in [0, 0.05) is 12.1 Å². The van der Waals surface area contributed by atoms with Crippen molar-refractivity contribution in [1.29, 1.82) is 0 Å². The number of benzene rings is 1. The molecule has 0 radical (unpaired) electrons. The van der Waals surface area contributed by atoms with Gasteiger partial charge in [0.1, 0.15) is 23.9 Å². The van der Waals surface area contributed by atoms with Crippen molar-refractivity contribution in [2.45, 2.75) is 54.2 Å². The molecule has 0 unspecified atom stereocenters. The monoisotopic (exact) mass is 382 g/mol. The first-order valence-corrected chi connectivity index (χ1v) is 9.29.